The molecule has 1 amide bonds. The van der Waals surface area contributed by atoms with Crippen molar-refractivity contribution in [3.05, 3.63) is 82.8 Å². The molecule has 0 bridgehead atoms. The lowest BCUT2D eigenvalue weighted by Gasteiger charge is -2.05. The molecule has 0 fully saturated rings. The highest BCUT2D eigenvalue weighted by Crippen LogP contribution is 2.21. The van der Waals surface area contributed by atoms with Gasteiger partial charge in [-0.05, 0) is 48.9 Å². The van der Waals surface area contributed by atoms with Crippen LogP contribution in [0.25, 0.3) is 0 Å². The summed E-state index contributed by atoms with van der Waals surface area (Å²) in [6.07, 6.45) is 0. The zero-order chi connectivity index (χ0) is 16.9. The molecule has 0 aliphatic carbocycles. The maximum absolute atomic E-state index is 12.2. The minimum Gasteiger partial charge on any atom is -0.486 e. The topological polar surface area (TPSA) is 51.5 Å². The first-order valence-electron chi connectivity index (χ1n) is 7.46. The average Bonchev–Trinajstić information content (AvgIpc) is 3.06. The van der Waals surface area contributed by atoms with E-state index in [0.29, 0.717) is 16.5 Å². The molecule has 0 atom stereocenters. The number of benzene rings is 2. The fraction of sp³-hybridized carbons (Fsp3) is 0.105. The molecule has 3 aromatic rings. The number of amides is 1. The van der Waals surface area contributed by atoms with E-state index in [4.69, 9.17) is 20.8 Å². The van der Waals surface area contributed by atoms with Gasteiger partial charge in [0, 0.05) is 10.7 Å². The zero-order valence-electron chi connectivity index (χ0n) is 13.1. The Bertz CT molecular complexity index is 843. The molecule has 24 heavy (non-hydrogen) atoms. The van der Waals surface area contributed by atoms with Crippen LogP contribution in [0.1, 0.15) is 21.9 Å². The van der Waals surface area contributed by atoms with Crippen LogP contribution in [0.3, 0.4) is 0 Å². The summed E-state index contributed by atoms with van der Waals surface area (Å²) < 4.78 is 11.1. The second-order valence-corrected chi connectivity index (χ2v) is 5.69. The lowest BCUT2D eigenvalue weighted by molar-refractivity contribution is 0.0992. The molecule has 0 radical (unpaired) electrons. The van der Waals surface area contributed by atoms with Gasteiger partial charge in [-0.3, -0.25) is 4.79 Å². The molecule has 0 aliphatic rings. The molecular weight excluding hydrogens is 326 g/mol. The highest BCUT2D eigenvalue weighted by atomic mass is 35.5. The summed E-state index contributed by atoms with van der Waals surface area (Å²) in [7, 11) is 0. The molecule has 4 nitrogen and oxygen atoms in total. The molecule has 0 saturated carbocycles. The van der Waals surface area contributed by atoms with Gasteiger partial charge in [0.1, 0.15) is 18.1 Å². The van der Waals surface area contributed by atoms with Gasteiger partial charge in [0.15, 0.2) is 5.76 Å². The first-order valence-corrected chi connectivity index (χ1v) is 7.84. The number of furan rings is 1. The number of nitrogens with one attached hydrogen (secondary N) is 1. The maximum Gasteiger partial charge on any atom is 0.291 e. The SMILES string of the molecule is Cc1ccc(NC(=O)c2ccc(COc3ccccc3)o2)cc1Cl. The standard InChI is InChI=1S/C19H16ClNO3/c1-13-7-8-14(11-17(13)20)21-19(22)18-10-9-16(24-18)12-23-15-5-3-2-4-6-15/h2-11H,12H2,1H3,(H,21,22). The Balaban J connectivity index is 1.62. The van der Waals surface area contributed by atoms with Gasteiger partial charge in [0.2, 0.25) is 0 Å². The first kappa shape index (κ1) is 16.1. The summed E-state index contributed by atoms with van der Waals surface area (Å²) in [6.45, 7) is 2.16. The predicted molar refractivity (Wildman–Crippen MR) is 93.6 cm³/mol. The number of anilines is 1. The van der Waals surface area contributed by atoms with Crippen molar-refractivity contribution < 1.29 is 13.9 Å². The Morgan fingerprint density at radius 2 is 1.92 bits per heavy atom. The lowest BCUT2D eigenvalue weighted by atomic mass is 10.2. The molecule has 1 N–H and O–H groups in total. The Morgan fingerprint density at radius 1 is 1.12 bits per heavy atom. The van der Waals surface area contributed by atoms with Crippen LogP contribution in [-0.2, 0) is 6.61 Å². The van der Waals surface area contributed by atoms with Crippen molar-refractivity contribution in [3.63, 3.8) is 0 Å². The molecule has 0 saturated heterocycles. The molecule has 0 spiro atoms. The third-order valence-corrected chi connectivity index (χ3v) is 3.85. The first-order chi connectivity index (χ1) is 11.6. The minimum absolute atomic E-state index is 0.221. The second kappa shape index (κ2) is 7.23. The van der Waals surface area contributed by atoms with Crippen LogP contribution in [-0.4, -0.2) is 5.91 Å². The molecule has 0 aliphatic heterocycles. The Morgan fingerprint density at radius 3 is 2.67 bits per heavy atom. The number of ether oxygens (including phenoxy) is 1. The third-order valence-electron chi connectivity index (χ3n) is 3.44. The zero-order valence-corrected chi connectivity index (χ0v) is 13.8. The van der Waals surface area contributed by atoms with E-state index < -0.39 is 0 Å². The van der Waals surface area contributed by atoms with E-state index in [1.54, 1.807) is 24.3 Å². The number of aryl methyl sites for hydroxylation is 1. The van der Waals surface area contributed by atoms with Crippen molar-refractivity contribution in [2.24, 2.45) is 0 Å². The van der Waals surface area contributed by atoms with E-state index >= 15 is 0 Å². The van der Waals surface area contributed by atoms with Crippen LogP contribution in [0, 0.1) is 6.92 Å². The van der Waals surface area contributed by atoms with Crippen LogP contribution in [0.2, 0.25) is 5.02 Å². The van der Waals surface area contributed by atoms with Crippen LogP contribution >= 0.6 is 11.6 Å². The highest BCUT2D eigenvalue weighted by molar-refractivity contribution is 6.31. The van der Waals surface area contributed by atoms with Gasteiger partial charge >= 0.3 is 0 Å². The third kappa shape index (κ3) is 3.97. The summed E-state index contributed by atoms with van der Waals surface area (Å²) in [6, 6.07) is 18.1. The van der Waals surface area contributed by atoms with Gasteiger partial charge in [-0.2, -0.15) is 0 Å². The van der Waals surface area contributed by atoms with Crippen LogP contribution in [0.5, 0.6) is 5.75 Å². The summed E-state index contributed by atoms with van der Waals surface area (Å²) in [5.74, 6) is 1.21. The largest absolute Gasteiger partial charge is 0.486 e. The molecule has 3 rings (SSSR count). The highest BCUT2D eigenvalue weighted by Gasteiger charge is 2.12. The monoisotopic (exact) mass is 341 g/mol. The molecule has 0 unspecified atom stereocenters. The Hall–Kier alpha value is -2.72. The molecule has 122 valence electrons. The van der Waals surface area contributed by atoms with Crippen molar-refractivity contribution in [2.75, 3.05) is 5.32 Å². The van der Waals surface area contributed by atoms with E-state index in [1.807, 2.05) is 43.3 Å². The summed E-state index contributed by atoms with van der Waals surface area (Å²) in [4.78, 5) is 12.2. The van der Waals surface area contributed by atoms with E-state index in [-0.39, 0.29) is 18.3 Å². The van der Waals surface area contributed by atoms with Crippen LogP contribution in [0.4, 0.5) is 5.69 Å². The van der Waals surface area contributed by atoms with Gasteiger partial charge in [-0.1, -0.05) is 35.9 Å². The number of hydrogen-bond acceptors (Lipinski definition) is 3. The van der Waals surface area contributed by atoms with E-state index in [0.717, 1.165) is 11.3 Å². The maximum atomic E-state index is 12.2. The van der Waals surface area contributed by atoms with Gasteiger partial charge in [-0.15, -0.1) is 0 Å². The fourth-order valence-electron chi connectivity index (χ4n) is 2.11. The minimum atomic E-state index is -0.333. The quantitative estimate of drug-likeness (QED) is 0.704. The van der Waals surface area contributed by atoms with E-state index in [1.165, 1.54) is 0 Å². The number of carbonyl (C=O) groups is 1. The molecule has 5 heteroatoms. The predicted octanol–water partition coefficient (Wildman–Crippen LogP) is 5.07. The smallest absolute Gasteiger partial charge is 0.291 e. The van der Waals surface area contributed by atoms with E-state index in [2.05, 4.69) is 5.32 Å². The van der Waals surface area contributed by atoms with Crippen LogP contribution < -0.4 is 10.1 Å². The lowest BCUT2D eigenvalue weighted by Crippen LogP contribution is -2.10. The van der Waals surface area contributed by atoms with Gasteiger partial charge < -0.3 is 14.5 Å². The van der Waals surface area contributed by atoms with Crippen molar-refractivity contribution in [2.45, 2.75) is 13.5 Å². The Kier molecular flexibility index (Phi) is 4.87. The molecule has 2 aromatic carbocycles. The van der Waals surface area contributed by atoms with E-state index in [9.17, 15) is 4.79 Å². The van der Waals surface area contributed by atoms with Crippen molar-refractivity contribution in [1.29, 1.82) is 0 Å². The second-order valence-electron chi connectivity index (χ2n) is 5.29. The number of rotatable bonds is 5. The van der Waals surface area contributed by atoms with Gasteiger partial charge in [-0.25, -0.2) is 0 Å². The summed E-state index contributed by atoms with van der Waals surface area (Å²) >= 11 is 6.06. The van der Waals surface area contributed by atoms with Crippen molar-refractivity contribution in [1.82, 2.24) is 0 Å². The molecular formula is C19H16ClNO3. The molecule has 1 heterocycles. The number of halogens is 1. The Labute approximate surface area is 145 Å². The molecule has 1 aromatic heterocycles. The normalized spacial score (nSPS) is 10.4. The van der Waals surface area contributed by atoms with Gasteiger partial charge in [0.25, 0.3) is 5.91 Å². The van der Waals surface area contributed by atoms with Crippen molar-refractivity contribution in [3.8, 4) is 5.75 Å². The average molecular weight is 342 g/mol. The summed E-state index contributed by atoms with van der Waals surface area (Å²) in [5.41, 5.74) is 1.57. The number of hydrogen-bond donors (Lipinski definition) is 1. The van der Waals surface area contributed by atoms with Crippen LogP contribution in [0.15, 0.2) is 65.1 Å². The fourth-order valence-corrected chi connectivity index (χ4v) is 2.29. The van der Waals surface area contributed by atoms with Crippen molar-refractivity contribution >= 4 is 23.2 Å². The number of carbonyl (C=O) groups excluding carboxylic acids is 1. The summed E-state index contributed by atoms with van der Waals surface area (Å²) in [5, 5.41) is 3.36. The number of para-hydroxylation sites is 1. The van der Waals surface area contributed by atoms with Gasteiger partial charge in [0.05, 0.1) is 0 Å².